The van der Waals surface area contributed by atoms with Crippen molar-refractivity contribution in [3.8, 4) is 11.7 Å². The maximum atomic E-state index is 13.0. The Bertz CT molecular complexity index is 1430. The van der Waals surface area contributed by atoms with Gasteiger partial charge in [-0.2, -0.15) is 5.10 Å². The van der Waals surface area contributed by atoms with Crippen LogP contribution in [0.5, 0.6) is 5.88 Å². The average molecular weight is 381 g/mol. The minimum absolute atomic E-state index is 0.209. The summed E-state index contributed by atoms with van der Waals surface area (Å²) < 4.78 is 1.20. The minimum Gasteiger partial charge on any atom is -0.494 e. The summed E-state index contributed by atoms with van der Waals surface area (Å²) in [6.45, 7) is 0. The van der Waals surface area contributed by atoms with Crippen molar-refractivity contribution < 1.29 is 5.11 Å². The van der Waals surface area contributed by atoms with Crippen molar-refractivity contribution in [3.05, 3.63) is 89.0 Å². The Balaban J connectivity index is 1.73. The number of aromatic nitrogens is 4. The SMILES string of the molecule is O=c1c2ccccc2c(C=Nc2ccc3cn[nH]c3c2)c(O)n1-c1ccccn1. The molecule has 3 heterocycles. The zero-order valence-electron chi connectivity index (χ0n) is 15.1. The number of benzene rings is 2. The van der Waals surface area contributed by atoms with Crippen LogP contribution in [0.15, 0.2) is 82.8 Å². The van der Waals surface area contributed by atoms with Gasteiger partial charge in [-0.05, 0) is 36.4 Å². The van der Waals surface area contributed by atoms with Gasteiger partial charge in [-0.3, -0.25) is 14.9 Å². The Morgan fingerprint density at radius 1 is 1.03 bits per heavy atom. The molecule has 0 unspecified atom stereocenters. The monoisotopic (exact) mass is 381 g/mol. The summed E-state index contributed by atoms with van der Waals surface area (Å²) in [5.74, 6) is 0.132. The first-order valence-corrected chi connectivity index (χ1v) is 8.98. The molecule has 7 heteroatoms. The van der Waals surface area contributed by atoms with E-state index in [1.807, 2.05) is 24.3 Å². The number of rotatable bonds is 3. The molecule has 0 saturated carbocycles. The van der Waals surface area contributed by atoms with Crippen LogP contribution in [0.2, 0.25) is 0 Å². The van der Waals surface area contributed by atoms with E-state index in [4.69, 9.17) is 0 Å². The van der Waals surface area contributed by atoms with E-state index in [0.29, 0.717) is 27.8 Å². The lowest BCUT2D eigenvalue weighted by atomic mass is 10.1. The third-order valence-corrected chi connectivity index (χ3v) is 4.75. The molecule has 140 valence electrons. The van der Waals surface area contributed by atoms with Gasteiger partial charge in [0.25, 0.3) is 5.56 Å². The first kappa shape index (κ1) is 16.9. The van der Waals surface area contributed by atoms with Crippen molar-refractivity contribution in [3.63, 3.8) is 0 Å². The van der Waals surface area contributed by atoms with E-state index < -0.39 is 0 Å². The van der Waals surface area contributed by atoms with E-state index in [2.05, 4.69) is 20.2 Å². The number of fused-ring (bicyclic) bond motifs is 2. The molecule has 0 atom stereocenters. The van der Waals surface area contributed by atoms with Crippen molar-refractivity contribution in [1.29, 1.82) is 0 Å². The van der Waals surface area contributed by atoms with Gasteiger partial charge in [0.15, 0.2) is 0 Å². The van der Waals surface area contributed by atoms with Gasteiger partial charge in [0.1, 0.15) is 5.82 Å². The number of H-pyrrole nitrogens is 1. The van der Waals surface area contributed by atoms with Gasteiger partial charge < -0.3 is 5.11 Å². The Kier molecular flexibility index (Phi) is 3.91. The highest BCUT2D eigenvalue weighted by Crippen LogP contribution is 2.26. The molecule has 5 aromatic rings. The molecular formula is C22H15N5O2. The molecule has 2 aromatic carbocycles. The third kappa shape index (κ3) is 2.85. The van der Waals surface area contributed by atoms with Crippen LogP contribution in [0, 0.1) is 0 Å². The molecule has 0 amide bonds. The Hall–Kier alpha value is -4.26. The standard InChI is InChI=1S/C22H15N5O2/c28-21-17-6-2-1-5-16(17)18(22(29)27(21)20-7-3-4-10-23-20)13-24-15-9-8-14-12-25-26-19(14)11-15/h1-13,29H,(H,25,26). The fourth-order valence-electron chi connectivity index (χ4n) is 3.33. The fourth-order valence-corrected chi connectivity index (χ4v) is 3.33. The van der Waals surface area contributed by atoms with E-state index >= 15 is 0 Å². The highest BCUT2D eigenvalue weighted by molar-refractivity contribution is 6.02. The van der Waals surface area contributed by atoms with Crippen LogP contribution in [0.4, 0.5) is 5.69 Å². The topological polar surface area (TPSA) is 96.2 Å². The van der Waals surface area contributed by atoms with Crippen LogP contribution >= 0.6 is 0 Å². The van der Waals surface area contributed by atoms with Gasteiger partial charge in [-0.15, -0.1) is 0 Å². The quantitative estimate of drug-likeness (QED) is 0.466. The second kappa shape index (κ2) is 6.72. The number of nitrogens with zero attached hydrogens (tertiary/aromatic N) is 4. The van der Waals surface area contributed by atoms with Crippen LogP contribution in [0.3, 0.4) is 0 Å². The molecular weight excluding hydrogens is 366 g/mol. The van der Waals surface area contributed by atoms with Gasteiger partial charge in [-0.25, -0.2) is 9.55 Å². The maximum Gasteiger partial charge on any atom is 0.267 e. The summed E-state index contributed by atoms with van der Waals surface area (Å²) in [4.78, 5) is 21.7. The number of hydrogen-bond donors (Lipinski definition) is 2. The van der Waals surface area contributed by atoms with Crippen LogP contribution in [0.25, 0.3) is 27.5 Å². The fraction of sp³-hybridized carbons (Fsp3) is 0. The molecule has 29 heavy (non-hydrogen) atoms. The number of nitrogens with one attached hydrogen (secondary N) is 1. The summed E-state index contributed by atoms with van der Waals surface area (Å²) in [5, 5.41) is 20.0. The van der Waals surface area contributed by atoms with E-state index in [1.165, 1.54) is 4.57 Å². The normalized spacial score (nSPS) is 11.6. The lowest BCUT2D eigenvalue weighted by Crippen LogP contribution is -2.20. The summed E-state index contributed by atoms with van der Waals surface area (Å²) >= 11 is 0. The van der Waals surface area contributed by atoms with Crippen LogP contribution in [0.1, 0.15) is 5.56 Å². The molecule has 3 aromatic heterocycles. The van der Waals surface area contributed by atoms with E-state index in [1.54, 1.807) is 55.0 Å². The average Bonchev–Trinajstić information content (AvgIpc) is 3.22. The van der Waals surface area contributed by atoms with E-state index in [-0.39, 0.29) is 11.4 Å². The molecule has 0 saturated heterocycles. The number of hydrogen-bond acceptors (Lipinski definition) is 5. The van der Waals surface area contributed by atoms with Crippen molar-refractivity contribution in [2.75, 3.05) is 0 Å². The van der Waals surface area contributed by atoms with Crippen molar-refractivity contribution in [2.24, 2.45) is 4.99 Å². The molecule has 0 radical (unpaired) electrons. The minimum atomic E-state index is -0.340. The maximum absolute atomic E-state index is 13.0. The van der Waals surface area contributed by atoms with E-state index in [0.717, 1.165) is 10.9 Å². The summed E-state index contributed by atoms with van der Waals surface area (Å²) in [5.41, 5.74) is 1.66. The van der Waals surface area contributed by atoms with Gasteiger partial charge in [0.2, 0.25) is 5.88 Å². The summed E-state index contributed by atoms with van der Waals surface area (Å²) in [6, 6.07) is 18.0. The predicted molar refractivity (Wildman–Crippen MR) is 112 cm³/mol. The molecule has 0 aliphatic heterocycles. The molecule has 7 nitrogen and oxygen atoms in total. The smallest absolute Gasteiger partial charge is 0.267 e. The largest absolute Gasteiger partial charge is 0.494 e. The second-order valence-electron chi connectivity index (χ2n) is 6.51. The molecule has 0 spiro atoms. The Morgan fingerprint density at radius 3 is 2.69 bits per heavy atom. The van der Waals surface area contributed by atoms with Crippen LogP contribution in [-0.2, 0) is 0 Å². The van der Waals surface area contributed by atoms with Gasteiger partial charge in [0, 0.05) is 28.6 Å². The van der Waals surface area contributed by atoms with Crippen LogP contribution < -0.4 is 5.56 Å². The Labute approximate surface area is 164 Å². The highest BCUT2D eigenvalue weighted by atomic mass is 16.3. The van der Waals surface area contributed by atoms with Crippen molar-refractivity contribution >= 4 is 33.6 Å². The zero-order chi connectivity index (χ0) is 19.8. The molecule has 0 aliphatic carbocycles. The zero-order valence-corrected chi connectivity index (χ0v) is 15.1. The number of aromatic amines is 1. The second-order valence-corrected chi connectivity index (χ2v) is 6.51. The van der Waals surface area contributed by atoms with Crippen molar-refractivity contribution in [1.82, 2.24) is 19.7 Å². The summed E-state index contributed by atoms with van der Waals surface area (Å²) in [6.07, 6.45) is 4.88. The first-order valence-electron chi connectivity index (χ1n) is 8.98. The lowest BCUT2D eigenvalue weighted by Gasteiger charge is -2.12. The lowest BCUT2D eigenvalue weighted by molar-refractivity contribution is 0.435. The molecule has 0 aliphatic rings. The van der Waals surface area contributed by atoms with Gasteiger partial charge >= 0.3 is 0 Å². The molecule has 5 rings (SSSR count). The molecule has 0 fully saturated rings. The number of aromatic hydroxyl groups is 1. The Morgan fingerprint density at radius 2 is 1.86 bits per heavy atom. The third-order valence-electron chi connectivity index (χ3n) is 4.75. The molecule has 2 N–H and O–H groups in total. The highest BCUT2D eigenvalue weighted by Gasteiger charge is 2.16. The summed E-state index contributed by atoms with van der Waals surface area (Å²) in [7, 11) is 0. The van der Waals surface area contributed by atoms with Gasteiger partial charge in [0.05, 0.1) is 23.0 Å². The predicted octanol–water partition coefficient (Wildman–Crippen LogP) is 3.72. The number of aliphatic imine (C=N–C) groups is 1. The first-order chi connectivity index (χ1) is 14.2. The van der Waals surface area contributed by atoms with Crippen LogP contribution in [-0.4, -0.2) is 31.1 Å². The molecule has 0 bridgehead atoms. The van der Waals surface area contributed by atoms with Gasteiger partial charge in [-0.1, -0.05) is 24.3 Å². The van der Waals surface area contributed by atoms with Crippen molar-refractivity contribution in [2.45, 2.75) is 0 Å². The van der Waals surface area contributed by atoms with E-state index in [9.17, 15) is 9.90 Å². The number of pyridine rings is 2.